The van der Waals surface area contributed by atoms with Crippen molar-refractivity contribution in [3.63, 3.8) is 0 Å². The average Bonchev–Trinajstić information content (AvgIpc) is 3.70. The van der Waals surface area contributed by atoms with E-state index in [0.717, 1.165) is 31.9 Å². The number of furan rings is 1. The number of benzene rings is 1. The molecule has 1 aromatic heterocycles. The van der Waals surface area contributed by atoms with Crippen LogP contribution in [-0.4, -0.2) is 115 Å². The van der Waals surface area contributed by atoms with Crippen LogP contribution in [0.3, 0.4) is 0 Å². The quantitative estimate of drug-likeness (QED) is 0.368. The van der Waals surface area contributed by atoms with E-state index >= 15 is 0 Å². The molecule has 2 aromatic rings. The molecule has 2 fully saturated rings. The molecule has 2 unspecified atom stereocenters. The van der Waals surface area contributed by atoms with E-state index in [1.807, 2.05) is 23.2 Å². The Bertz CT molecular complexity index is 1300. The van der Waals surface area contributed by atoms with Gasteiger partial charge in [-0.2, -0.15) is 0 Å². The Hall–Kier alpha value is -4.07. The van der Waals surface area contributed by atoms with Gasteiger partial charge >= 0.3 is 6.03 Å². The Balaban J connectivity index is 1.10. The molecule has 13 nitrogen and oxygen atoms in total. The Morgan fingerprint density at radius 2 is 1.90 bits per heavy atom. The van der Waals surface area contributed by atoms with Crippen molar-refractivity contribution in [3.8, 4) is 5.75 Å². The fourth-order valence-electron chi connectivity index (χ4n) is 5.55. The highest BCUT2D eigenvalue weighted by Gasteiger charge is 2.51. The van der Waals surface area contributed by atoms with Crippen LogP contribution in [0, 0.1) is 0 Å². The van der Waals surface area contributed by atoms with Gasteiger partial charge in [0.25, 0.3) is 0 Å². The van der Waals surface area contributed by atoms with E-state index < -0.39 is 6.29 Å². The monoisotopic (exact) mass is 549 g/mol. The number of amidine groups is 1. The lowest BCUT2D eigenvalue weighted by atomic mass is 10.2. The molecule has 6 rings (SSSR count). The molecule has 0 aliphatic carbocycles. The predicted octanol–water partition coefficient (Wildman–Crippen LogP) is 1.68. The second-order valence-corrected chi connectivity index (χ2v) is 10.1. The van der Waals surface area contributed by atoms with Crippen LogP contribution in [-0.2, 0) is 4.74 Å². The van der Waals surface area contributed by atoms with Crippen LogP contribution >= 0.6 is 0 Å². The average molecular weight is 550 g/mol. The maximum absolute atomic E-state index is 13.4. The number of fused-ring (bicyclic) bond motifs is 3. The van der Waals surface area contributed by atoms with Gasteiger partial charge in [-0.05, 0) is 43.3 Å². The molecule has 0 saturated carbocycles. The van der Waals surface area contributed by atoms with E-state index in [-0.39, 0.29) is 12.1 Å². The lowest BCUT2D eigenvalue weighted by Crippen LogP contribution is -2.53. The Labute approximate surface area is 233 Å². The Kier molecular flexibility index (Phi) is 7.09. The molecule has 5 heterocycles. The van der Waals surface area contributed by atoms with Crippen molar-refractivity contribution >= 4 is 29.6 Å². The van der Waals surface area contributed by atoms with Crippen LogP contribution in [0.25, 0.3) is 5.70 Å². The molecule has 2 N–H and O–H groups in total. The zero-order valence-electron chi connectivity index (χ0n) is 23.0. The molecule has 0 bridgehead atoms. The molecule has 40 heavy (non-hydrogen) atoms. The van der Waals surface area contributed by atoms with Crippen molar-refractivity contribution in [3.05, 3.63) is 54.1 Å². The summed E-state index contributed by atoms with van der Waals surface area (Å²) in [4.78, 5) is 29.3. The fourth-order valence-corrected chi connectivity index (χ4v) is 5.55. The molecule has 0 spiro atoms. The molecule has 2 atom stereocenters. The highest BCUT2D eigenvalue weighted by atomic mass is 16.5. The largest absolute Gasteiger partial charge is 0.491 e. The highest BCUT2D eigenvalue weighted by Crippen LogP contribution is 2.38. The van der Waals surface area contributed by atoms with Gasteiger partial charge in [-0.1, -0.05) is 0 Å². The molecule has 2 saturated heterocycles. The summed E-state index contributed by atoms with van der Waals surface area (Å²) in [6, 6.07) is 11.9. The number of hydrogen-bond acceptors (Lipinski definition) is 11. The second kappa shape index (κ2) is 10.8. The third-order valence-electron chi connectivity index (χ3n) is 7.71. The van der Waals surface area contributed by atoms with E-state index in [1.54, 1.807) is 36.4 Å². The van der Waals surface area contributed by atoms with Crippen LogP contribution < -0.4 is 15.5 Å². The molecule has 4 aliphatic heterocycles. The molecule has 13 heteroatoms. The van der Waals surface area contributed by atoms with E-state index in [0.29, 0.717) is 42.7 Å². The number of piperazine rings is 1. The van der Waals surface area contributed by atoms with Gasteiger partial charge in [-0.3, -0.25) is 9.80 Å². The van der Waals surface area contributed by atoms with Gasteiger partial charge in [0, 0.05) is 58.6 Å². The standard InChI is InChI=1S/C27H35N9O4/c1-19(32-10-12-33(13-11-32)20-6-8-21(9-7-20)39-16-15-38-3)17-34-26-30-25-24(36(26)31(2)27(34)37)23(29-18-35(25)28)22-5-4-14-40-22/h4-9,14,18-19,26H,10-13,15-17,28H2,1-3H3. The van der Waals surface area contributed by atoms with E-state index in [4.69, 9.17) is 24.7 Å². The number of anilines is 1. The number of hydrogen-bond donors (Lipinski definition) is 1. The molecule has 212 valence electrons. The summed E-state index contributed by atoms with van der Waals surface area (Å²) in [6.45, 7) is 7.39. The first kappa shape index (κ1) is 26.2. The van der Waals surface area contributed by atoms with Crippen LogP contribution in [0.1, 0.15) is 12.7 Å². The van der Waals surface area contributed by atoms with Crippen LogP contribution in [0.2, 0.25) is 0 Å². The number of carbonyl (C=O) groups is 1. The molecular formula is C27H35N9O4. The smallest absolute Gasteiger partial charge is 0.341 e. The van der Waals surface area contributed by atoms with E-state index in [9.17, 15) is 4.79 Å². The Morgan fingerprint density at radius 3 is 2.60 bits per heavy atom. The third kappa shape index (κ3) is 4.65. The number of hydrazine groups is 2. The van der Waals surface area contributed by atoms with Gasteiger partial charge in [0.1, 0.15) is 30.1 Å². The normalized spacial score (nSPS) is 21.8. The minimum absolute atomic E-state index is 0.115. The number of methoxy groups -OCH3 is 1. The highest BCUT2D eigenvalue weighted by molar-refractivity contribution is 6.12. The lowest BCUT2D eigenvalue weighted by molar-refractivity contribution is 0.0781. The van der Waals surface area contributed by atoms with Crippen molar-refractivity contribution in [1.29, 1.82) is 0 Å². The zero-order valence-corrected chi connectivity index (χ0v) is 23.0. The van der Waals surface area contributed by atoms with E-state index in [2.05, 4.69) is 33.8 Å². The molecule has 1 aromatic carbocycles. The molecule has 0 radical (unpaired) electrons. The SMILES string of the molecule is COCCOc1ccc(N2CCN(C(C)CN3C(=O)N(C)N4C5=C(c6ccco6)N=CN(N)C5=NC34)CC2)cc1. The van der Waals surface area contributed by atoms with Crippen molar-refractivity contribution in [2.75, 3.05) is 65.0 Å². The van der Waals surface area contributed by atoms with Gasteiger partial charge in [0.15, 0.2) is 11.6 Å². The number of urea groups is 1. The van der Waals surface area contributed by atoms with Crippen molar-refractivity contribution < 1.29 is 18.7 Å². The lowest BCUT2D eigenvalue weighted by Gasteiger charge is -2.40. The minimum atomic E-state index is -0.534. The summed E-state index contributed by atoms with van der Waals surface area (Å²) in [6.07, 6.45) is 2.57. The minimum Gasteiger partial charge on any atom is -0.491 e. The maximum Gasteiger partial charge on any atom is 0.341 e. The van der Waals surface area contributed by atoms with Crippen molar-refractivity contribution in [1.82, 2.24) is 24.8 Å². The summed E-state index contributed by atoms with van der Waals surface area (Å²) in [5.41, 5.74) is 2.42. The number of nitrogens with zero attached hydrogens (tertiary/aromatic N) is 8. The van der Waals surface area contributed by atoms with Crippen molar-refractivity contribution in [2.45, 2.75) is 19.3 Å². The van der Waals surface area contributed by atoms with Gasteiger partial charge in [0.2, 0.25) is 6.29 Å². The number of rotatable bonds is 9. The number of carbonyl (C=O) groups excluding carboxylic acids is 1. The summed E-state index contributed by atoms with van der Waals surface area (Å²) in [7, 11) is 3.41. The van der Waals surface area contributed by atoms with Crippen LogP contribution in [0.5, 0.6) is 5.75 Å². The summed E-state index contributed by atoms with van der Waals surface area (Å²) in [5, 5.41) is 4.82. The number of nitrogens with two attached hydrogens (primary N) is 1. The third-order valence-corrected chi connectivity index (χ3v) is 7.71. The van der Waals surface area contributed by atoms with Gasteiger partial charge in [-0.25, -0.2) is 35.6 Å². The van der Waals surface area contributed by atoms with Gasteiger partial charge in [0.05, 0.1) is 12.9 Å². The fraction of sp³-hybridized carbons (Fsp3) is 0.444. The first-order chi connectivity index (χ1) is 19.5. The predicted molar refractivity (Wildman–Crippen MR) is 150 cm³/mol. The molecular weight excluding hydrogens is 514 g/mol. The van der Waals surface area contributed by atoms with E-state index in [1.165, 1.54) is 17.0 Å². The Morgan fingerprint density at radius 1 is 1.12 bits per heavy atom. The van der Waals surface area contributed by atoms with Crippen LogP contribution in [0.4, 0.5) is 10.5 Å². The summed E-state index contributed by atoms with van der Waals surface area (Å²) < 4.78 is 16.3. The first-order valence-corrected chi connectivity index (χ1v) is 13.4. The molecule has 2 amide bonds. The summed E-state index contributed by atoms with van der Waals surface area (Å²) in [5.74, 6) is 8.17. The number of ether oxygens (including phenoxy) is 2. The van der Waals surface area contributed by atoms with Gasteiger partial charge in [-0.15, -0.1) is 0 Å². The van der Waals surface area contributed by atoms with Gasteiger partial charge < -0.3 is 18.8 Å². The number of aliphatic imine (C=N–C) groups is 2. The summed E-state index contributed by atoms with van der Waals surface area (Å²) >= 11 is 0. The first-order valence-electron chi connectivity index (χ1n) is 13.4. The topological polar surface area (TPSA) is 119 Å². The molecule has 4 aliphatic rings. The number of amides is 2. The second-order valence-electron chi connectivity index (χ2n) is 10.1. The zero-order chi connectivity index (χ0) is 27.8. The maximum atomic E-state index is 13.4. The van der Waals surface area contributed by atoms with Crippen LogP contribution in [0.15, 0.2) is 62.8 Å². The van der Waals surface area contributed by atoms with Crippen molar-refractivity contribution in [2.24, 2.45) is 15.8 Å².